The van der Waals surface area contributed by atoms with E-state index in [1.165, 1.54) is 0 Å². The second-order valence-corrected chi connectivity index (χ2v) is 11.1. The van der Waals surface area contributed by atoms with Crippen molar-refractivity contribution >= 4 is 21.9 Å². The molecule has 0 bridgehead atoms. The van der Waals surface area contributed by atoms with E-state index in [9.17, 15) is 4.79 Å². The van der Waals surface area contributed by atoms with E-state index < -0.39 is 0 Å². The Labute approximate surface area is 272 Å². The minimum Gasteiger partial charge on any atom is -0.485 e. The molecule has 0 saturated heterocycles. The predicted octanol–water partition coefficient (Wildman–Crippen LogP) is 9.26. The molecule has 7 rings (SSSR count). The summed E-state index contributed by atoms with van der Waals surface area (Å²) in [4.78, 5) is 14.1. The molecule has 47 heavy (non-hydrogen) atoms. The van der Waals surface area contributed by atoms with Gasteiger partial charge in [0.15, 0.2) is 22.7 Å². The molecule has 0 aliphatic carbocycles. The molecule has 0 fully saturated rings. The van der Waals surface area contributed by atoms with Crippen LogP contribution < -0.4 is 24.4 Å². The SMILES string of the molecule is O=c1c2ccc(OCc3ccccc3)c(OCc3ccccc3)c2oc2c(OCc3ccccc3)c(OCc3ccccc3)ccc12. The van der Waals surface area contributed by atoms with E-state index in [1.807, 2.05) is 121 Å². The van der Waals surface area contributed by atoms with Crippen molar-refractivity contribution in [2.24, 2.45) is 0 Å². The zero-order valence-electron chi connectivity index (χ0n) is 25.6. The molecule has 0 atom stereocenters. The smallest absolute Gasteiger partial charge is 0.205 e. The van der Waals surface area contributed by atoms with Gasteiger partial charge in [0.05, 0.1) is 10.8 Å². The van der Waals surface area contributed by atoms with Gasteiger partial charge in [-0.05, 0) is 46.5 Å². The number of ether oxygens (including phenoxy) is 4. The van der Waals surface area contributed by atoms with E-state index >= 15 is 0 Å². The van der Waals surface area contributed by atoms with Gasteiger partial charge in [-0.25, -0.2) is 0 Å². The Morgan fingerprint density at radius 3 is 1.04 bits per heavy atom. The summed E-state index contributed by atoms with van der Waals surface area (Å²) in [6, 6.07) is 46.4. The van der Waals surface area contributed by atoms with Crippen molar-refractivity contribution in [3.63, 3.8) is 0 Å². The summed E-state index contributed by atoms with van der Waals surface area (Å²) in [6.07, 6.45) is 0. The van der Waals surface area contributed by atoms with Crippen LogP contribution in [0.15, 0.2) is 155 Å². The molecule has 6 nitrogen and oxygen atoms in total. The van der Waals surface area contributed by atoms with Gasteiger partial charge in [0.25, 0.3) is 0 Å². The van der Waals surface area contributed by atoms with Crippen molar-refractivity contribution in [3.05, 3.63) is 178 Å². The normalized spacial score (nSPS) is 11.0. The fraction of sp³-hybridized carbons (Fsp3) is 0.0976. The lowest BCUT2D eigenvalue weighted by atomic mass is 10.1. The highest BCUT2D eigenvalue weighted by Gasteiger charge is 2.22. The van der Waals surface area contributed by atoms with Crippen LogP contribution in [0.1, 0.15) is 22.3 Å². The number of fused-ring (bicyclic) bond motifs is 2. The largest absolute Gasteiger partial charge is 0.485 e. The highest BCUT2D eigenvalue weighted by atomic mass is 16.5. The standard InChI is InChI=1S/C41H32O6/c42-37-33-21-23-35(43-25-29-13-5-1-6-14-29)40(45-27-31-17-9-3-10-18-31)38(33)47-39-34(37)22-24-36(44-26-30-15-7-2-8-16-30)41(39)46-28-32-19-11-4-12-20-32/h1-24H,25-28H2. The van der Waals surface area contributed by atoms with Gasteiger partial charge in [-0.2, -0.15) is 0 Å². The van der Waals surface area contributed by atoms with Gasteiger partial charge in [0, 0.05) is 0 Å². The van der Waals surface area contributed by atoms with E-state index in [1.54, 1.807) is 24.3 Å². The van der Waals surface area contributed by atoms with Crippen LogP contribution >= 0.6 is 0 Å². The van der Waals surface area contributed by atoms with E-state index in [-0.39, 0.29) is 29.8 Å². The number of rotatable bonds is 12. The third kappa shape index (κ3) is 6.82. The monoisotopic (exact) mass is 620 g/mol. The van der Waals surface area contributed by atoms with Crippen molar-refractivity contribution in [1.29, 1.82) is 0 Å². The van der Waals surface area contributed by atoms with Gasteiger partial charge in [0.1, 0.15) is 26.4 Å². The average Bonchev–Trinajstić information content (AvgIpc) is 3.13. The number of hydrogen-bond donors (Lipinski definition) is 0. The lowest BCUT2D eigenvalue weighted by molar-refractivity contribution is 0.253. The third-order valence-corrected chi connectivity index (χ3v) is 7.77. The maximum Gasteiger partial charge on any atom is 0.205 e. The van der Waals surface area contributed by atoms with Crippen molar-refractivity contribution < 1.29 is 23.4 Å². The first-order valence-electron chi connectivity index (χ1n) is 15.5. The highest BCUT2D eigenvalue weighted by Crippen LogP contribution is 2.42. The van der Waals surface area contributed by atoms with Crippen LogP contribution in [0.25, 0.3) is 21.9 Å². The minimum absolute atomic E-state index is 0.209. The molecule has 6 heteroatoms. The molecule has 0 aliphatic rings. The van der Waals surface area contributed by atoms with E-state index in [0.29, 0.717) is 47.0 Å². The average molecular weight is 621 g/mol. The summed E-state index contributed by atoms with van der Waals surface area (Å²) in [7, 11) is 0. The summed E-state index contributed by atoms with van der Waals surface area (Å²) < 4.78 is 32.0. The highest BCUT2D eigenvalue weighted by molar-refractivity contribution is 5.96. The second-order valence-electron chi connectivity index (χ2n) is 11.1. The summed E-state index contributed by atoms with van der Waals surface area (Å²) >= 11 is 0. The molecule has 0 spiro atoms. The maximum absolute atomic E-state index is 14.1. The van der Waals surface area contributed by atoms with Gasteiger partial charge in [-0.1, -0.05) is 121 Å². The van der Waals surface area contributed by atoms with E-state index in [2.05, 4.69) is 0 Å². The van der Waals surface area contributed by atoms with Crippen LogP contribution in [0.5, 0.6) is 23.0 Å². The van der Waals surface area contributed by atoms with Crippen molar-refractivity contribution in [2.45, 2.75) is 26.4 Å². The Bertz CT molecular complexity index is 1990. The Morgan fingerprint density at radius 2 is 0.702 bits per heavy atom. The first-order valence-corrected chi connectivity index (χ1v) is 15.5. The topological polar surface area (TPSA) is 67.1 Å². The Kier molecular flexibility index (Phi) is 8.82. The van der Waals surface area contributed by atoms with Gasteiger partial charge in [-0.3, -0.25) is 4.79 Å². The van der Waals surface area contributed by atoms with Crippen LogP contribution in [0, 0.1) is 0 Å². The van der Waals surface area contributed by atoms with Gasteiger partial charge >= 0.3 is 0 Å². The third-order valence-electron chi connectivity index (χ3n) is 7.77. The Hall–Kier alpha value is -6.01. The first kappa shape index (κ1) is 29.7. The number of benzene rings is 6. The van der Waals surface area contributed by atoms with Crippen molar-refractivity contribution in [1.82, 2.24) is 0 Å². The zero-order valence-corrected chi connectivity index (χ0v) is 25.6. The molecular formula is C41H32O6. The predicted molar refractivity (Wildman–Crippen MR) is 183 cm³/mol. The molecule has 232 valence electrons. The van der Waals surface area contributed by atoms with E-state index in [4.69, 9.17) is 23.4 Å². The van der Waals surface area contributed by atoms with Gasteiger partial charge < -0.3 is 23.4 Å². The van der Waals surface area contributed by atoms with E-state index in [0.717, 1.165) is 22.3 Å². The van der Waals surface area contributed by atoms with Crippen LogP contribution in [0.3, 0.4) is 0 Å². The lowest BCUT2D eigenvalue weighted by Gasteiger charge is -2.17. The molecule has 0 radical (unpaired) electrons. The molecular weight excluding hydrogens is 588 g/mol. The van der Waals surface area contributed by atoms with Crippen LogP contribution in [0.2, 0.25) is 0 Å². The molecule has 0 aliphatic heterocycles. The molecule has 0 N–H and O–H groups in total. The second kappa shape index (κ2) is 14.0. The Morgan fingerprint density at radius 1 is 0.383 bits per heavy atom. The van der Waals surface area contributed by atoms with Gasteiger partial charge in [-0.15, -0.1) is 0 Å². The summed E-state index contributed by atoms with van der Waals surface area (Å²) in [5.41, 5.74) is 4.26. The summed E-state index contributed by atoms with van der Waals surface area (Å²) in [5, 5.41) is 0.749. The molecule has 0 amide bonds. The lowest BCUT2D eigenvalue weighted by Crippen LogP contribution is -2.08. The van der Waals surface area contributed by atoms with Crippen LogP contribution in [-0.4, -0.2) is 0 Å². The quantitative estimate of drug-likeness (QED) is 0.127. The fourth-order valence-corrected chi connectivity index (χ4v) is 5.33. The maximum atomic E-state index is 14.1. The van der Waals surface area contributed by atoms with Crippen LogP contribution in [0.4, 0.5) is 0 Å². The first-order chi connectivity index (χ1) is 23.2. The Balaban J connectivity index is 1.35. The molecule has 0 unspecified atom stereocenters. The van der Waals surface area contributed by atoms with Gasteiger partial charge in [0.2, 0.25) is 16.9 Å². The molecule has 0 saturated carbocycles. The minimum atomic E-state index is -0.209. The number of hydrogen-bond acceptors (Lipinski definition) is 6. The molecule has 1 heterocycles. The van der Waals surface area contributed by atoms with Crippen LogP contribution in [-0.2, 0) is 26.4 Å². The summed E-state index contributed by atoms with van der Waals surface area (Å²) in [6.45, 7) is 1.13. The molecule has 1 aromatic heterocycles. The zero-order chi connectivity index (χ0) is 31.8. The molecule has 7 aromatic rings. The molecule has 6 aromatic carbocycles. The fourth-order valence-electron chi connectivity index (χ4n) is 5.33. The van der Waals surface area contributed by atoms with Crippen molar-refractivity contribution in [3.8, 4) is 23.0 Å². The summed E-state index contributed by atoms with van der Waals surface area (Å²) in [5.74, 6) is 1.60. The van der Waals surface area contributed by atoms with Crippen molar-refractivity contribution in [2.75, 3.05) is 0 Å².